The van der Waals surface area contributed by atoms with Crippen LogP contribution in [0.25, 0.3) is 6.08 Å². The first-order valence-electron chi connectivity index (χ1n) is 8.32. The molecule has 27 heavy (non-hydrogen) atoms. The molecule has 0 saturated heterocycles. The number of phenolic OH excluding ortho intramolecular Hbond substituents is 2. The maximum absolute atomic E-state index is 11.9. The van der Waals surface area contributed by atoms with Gasteiger partial charge >= 0.3 is 11.9 Å². The van der Waals surface area contributed by atoms with Gasteiger partial charge in [0.05, 0.1) is 18.8 Å². The summed E-state index contributed by atoms with van der Waals surface area (Å²) in [4.78, 5) is 23.7. The standard InChI is InChI=1S/C18H22O9/c1-2-26-17(24)18(25)8-13(21)16(14(22)9-18)27-15(23)6-4-10-3-5-11(19)12(20)7-10/h3-7,13-14,16,19-22,25H,2,8-9H2,1H3/t13-,14-,16?,18?/m0/s1. The molecule has 1 aliphatic carbocycles. The van der Waals surface area contributed by atoms with Gasteiger partial charge in [-0.05, 0) is 30.7 Å². The van der Waals surface area contributed by atoms with E-state index >= 15 is 0 Å². The molecule has 0 aliphatic heterocycles. The fourth-order valence-corrected chi connectivity index (χ4v) is 2.84. The summed E-state index contributed by atoms with van der Waals surface area (Å²) >= 11 is 0. The van der Waals surface area contributed by atoms with Crippen molar-refractivity contribution in [1.29, 1.82) is 0 Å². The highest BCUT2D eigenvalue weighted by molar-refractivity contribution is 5.87. The molecule has 0 aromatic heterocycles. The van der Waals surface area contributed by atoms with E-state index in [4.69, 9.17) is 9.47 Å². The number of aromatic hydroxyl groups is 2. The van der Waals surface area contributed by atoms with Gasteiger partial charge in [-0.3, -0.25) is 0 Å². The third-order valence-electron chi connectivity index (χ3n) is 4.17. The molecule has 0 unspecified atom stereocenters. The lowest BCUT2D eigenvalue weighted by atomic mass is 9.79. The molecule has 2 atom stereocenters. The van der Waals surface area contributed by atoms with Crippen LogP contribution in [0, 0.1) is 0 Å². The van der Waals surface area contributed by atoms with Crippen molar-refractivity contribution in [2.75, 3.05) is 6.61 Å². The molecule has 0 radical (unpaired) electrons. The van der Waals surface area contributed by atoms with Crippen LogP contribution in [-0.4, -0.2) is 68.0 Å². The number of aliphatic hydroxyl groups is 3. The average Bonchev–Trinajstić information content (AvgIpc) is 2.59. The SMILES string of the molecule is CCOC(=O)C1(O)C[C@H](O)C(OC(=O)C=Cc2ccc(O)c(O)c2)[C@@H](O)C1. The van der Waals surface area contributed by atoms with E-state index in [1.807, 2.05) is 0 Å². The Balaban J connectivity index is 2.00. The molecule has 9 heteroatoms. The van der Waals surface area contributed by atoms with Crippen molar-refractivity contribution in [3.63, 3.8) is 0 Å². The maximum atomic E-state index is 11.9. The number of rotatable bonds is 5. The van der Waals surface area contributed by atoms with Gasteiger partial charge in [0.25, 0.3) is 0 Å². The van der Waals surface area contributed by atoms with E-state index in [1.165, 1.54) is 24.3 Å². The van der Waals surface area contributed by atoms with Crippen molar-refractivity contribution in [3.05, 3.63) is 29.8 Å². The molecule has 1 fully saturated rings. The second-order valence-corrected chi connectivity index (χ2v) is 6.28. The minimum Gasteiger partial charge on any atom is -0.504 e. The first-order chi connectivity index (χ1) is 12.7. The van der Waals surface area contributed by atoms with Crippen LogP contribution in [0.15, 0.2) is 24.3 Å². The number of phenols is 2. The molecule has 2 rings (SSSR count). The molecule has 0 spiro atoms. The molecule has 9 nitrogen and oxygen atoms in total. The summed E-state index contributed by atoms with van der Waals surface area (Å²) in [5.41, 5.74) is -1.65. The Bertz CT molecular complexity index is 716. The number of carbonyl (C=O) groups excluding carboxylic acids is 2. The van der Waals surface area contributed by atoms with Gasteiger partial charge in [0.15, 0.2) is 23.2 Å². The summed E-state index contributed by atoms with van der Waals surface area (Å²) in [6.07, 6.45) is -2.86. The normalized spacial score (nSPS) is 28.1. The number of hydrogen-bond donors (Lipinski definition) is 5. The van der Waals surface area contributed by atoms with Crippen molar-refractivity contribution in [3.8, 4) is 11.5 Å². The van der Waals surface area contributed by atoms with Crippen molar-refractivity contribution in [2.45, 2.75) is 43.7 Å². The molecule has 1 saturated carbocycles. The van der Waals surface area contributed by atoms with E-state index in [1.54, 1.807) is 6.92 Å². The van der Waals surface area contributed by atoms with Gasteiger partial charge in [-0.2, -0.15) is 0 Å². The molecule has 1 aromatic rings. The molecule has 1 aromatic carbocycles. The second kappa shape index (κ2) is 8.38. The van der Waals surface area contributed by atoms with E-state index in [9.17, 15) is 35.1 Å². The van der Waals surface area contributed by atoms with E-state index < -0.39 is 48.7 Å². The first kappa shape index (κ1) is 20.7. The molecular weight excluding hydrogens is 360 g/mol. The molecular formula is C18H22O9. The Morgan fingerprint density at radius 1 is 1.19 bits per heavy atom. The minimum absolute atomic E-state index is 0.0311. The summed E-state index contributed by atoms with van der Waals surface area (Å²) in [5.74, 6) is -2.51. The largest absolute Gasteiger partial charge is 0.504 e. The van der Waals surface area contributed by atoms with Crippen LogP contribution >= 0.6 is 0 Å². The molecule has 148 valence electrons. The lowest BCUT2D eigenvalue weighted by Gasteiger charge is -2.39. The molecule has 1 aliphatic rings. The zero-order valence-corrected chi connectivity index (χ0v) is 14.6. The topological polar surface area (TPSA) is 154 Å². The van der Waals surface area contributed by atoms with E-state index in [-0.39, 0.29) is 18.1 Å². The number of esters is 2. The molecule has 5 N–H and O–H groups in total. The van der Waals surface area contributed by atoms with Crippen LogP contribution in [0.5, 0.6) is 11.5 Å². The quantitative estimate of drug-likeness (QED) is 0.265. The van der Waals surface area contributed by atoms with Crippen LogP contribution in [-0.2, 0) is 19.1 Å². The van der Waals surface area contributed by atoms with Gasteiger partial charge in [0, 0.05) is 18.9 Å². The number of benzene rings is 1. The van der Waals surface area contributed by atoms with Crippen LogP contribution in [0.3, 0.4) is 0 Å². The van der Waals surface area contributed by atoms with Crippen molar-refractivity contribution >= 4 is 18.0 Å². The first-order valence-corrected chi connectivity index (χ1v) is 8.32. The zero-order chi connectivity index (χ0) is 20.2. The van der Waals surface area contributed by atoms with Gasteiger partial charge in [-0.1, -0.05) is 6.07 Å². The van der Waals surface area contributed by atoms with Crippen LogP contribution in [0.1, 0.15) is 25.3 Å². The van der Waals surface area contributed by atoms with Crippen LogP contribution in [0.2, 0.25) is 0 Å². The summed E-state index contributed by atoms with van der Waals surface area (Å²) in [6, 6.07) is 3.91. The fraction of sp³-hybridized carbons (Fsp3) is 0.444. The Morgan fingerprint density at radius 2 is 1.81 bits per heavy atom. The Hall–Kier alpha value is -2.62. The van der Waals surface area contributed by atoms with Gasteiger partial charge in [-0.15, -0.1) is 0 Å². The third-order valence-corrected chi connectivity index (χ3v) is 4.17. The van der Waals surface area contributed by atoms with Crippen molar-refractivity contribution in [1.82, 2.24) is 0 Å². The van der Waals surface area contributed by atoms with Gasteiger partial charge in [0.2, 0.25) is 0 Å². The molecule has 0 heterocycles. The molecule has 0 amide bonds. The van der Waals surface area contributed by atoms with Crippen molar-refractivity contribution < 1.29 is 44.6 Å². The summed E-state index contributed by atoms with van der Waals surface area (Å²) in [6.45, 7) is 1.59. The van der Waals surface area contributed by atoms with E-state index in [0.29, 0.717) is 5.56 Å². The second-order valence-electron chi connectivity index (χ2n) is 6.28. The van der Waals surface area contributed by atoms with Gasteiger partial charge in [-0.25, -0.2) is 9.59 Å². The highest BCUT2D eigenvalue weighted by atomic mass is 16.6. The van der Waals surface area contributed by atoms with E-state index in [0.717, 1.165) is 6.08 Å². The highest BCUT2D eigenvalue weighted by Crippen LogP contribution is 2.32. The fourth-order valence-electron chi connectivity index (χ4n) is 2.84. The minimum atomic E-state index is -2.06. The smallest absolute Gasteiger partial charge is 0.338 e. The lowest BCUT2D eigenvalue weighted by molar-refractivity contribution is -0.199. The lowest BCUT2D eigenvalue weighted by Crippen LogP contribution is -2.57. The zero-order valence-electron chi connectivity index (χ0n) is 14.6. The maximum Gasteiger partial charge on any atom is 0.338 e. The Kier molecular flexibility index (Phi) is 6.42. The number of ether oxygens (including phenoxy) is 2. The van der Waals surface area contributed by atoms with Crippen LogP contribution in [0.4, 0.5) is 0 Å². The van der Waals surface area contributed by atoms with Gasteiger partial charge in [0.1, 0.15) is 0 Å². The summed E-state index contributed by atoms with van der Waals surface area (Å²) < 4.78 is 9.76. The number of aliphatic hydroxyl groups excluding tert-OH is 2. The average molecular weight is 382 g/mol. The highest BCUT2D eigenvalue weighted by Gasteiger charge is 2.51. The van der Waals surface area contributed by atoms with Gasteiger partial charge < -0.3 is 35.0 Å². The Labute approximate surface area is 155 Å². The predicted octanol–water partition coefficient (Wildman–Crippen LogP) is -0.167. The van der Waals surface area contributed by atoms with E-state index in [2.05, 4.69) is 0 Å². The van der Waals surface area contributed by atoms with Crippen LogP contribution < -0.4 is 0 Å². The third kappa shape index (κ3) is 4.97. The molecule has 0 bridgehead atoms. The Morgan fingerprint density at radius 3 is 2.37 bits per heavy atom. The number of hydrogen-bond acceptors (Lipinski definition) is 9. The monoisotopic (exact) mass is 382 g/mol. The number of carbonyl (C=O) groups is 2. The van der Waals surface area contributed by atoms with Crippen molar-refractivity contribution in [2.24, 2.45) is 0 Å². The predicted molar refractivity (Wildman–Crippen MR) is 91.5 cm³/mol. The summed E-state index contributed by atoms with van der Waals surface area (Å²) in [5, 5.41) is 49.1. The summed E-state index contributed by atoms with van der Waals surface area (Å²) in [7, 11) is 0.